The summed E-state index contributed by atoms with van der Waals surface area (Å²) in [5.41, 5.74) is 4.46. The lowest BCUT2D eigenvalue weighted by atomic mass is 10.1. The average molecular weight is 389 g/mol. The summed E-state index contributed by atoms with van der Waals surface area (Å²) in [5, 5.41) is 4.18. The van der Waals surface area contributed by atoms with Crippen LogP contribution in [0, 0.1) is 0 Å². The number of amides is 1. The summed E-state index contributed by atoms with van der Waals surface area (Å²) in [5.74, 6) is 0.901. The fraction of sp³-hybridized carbons (Fsp3) is 0.591. The van der Waals surface area contributed by atoms with Gasteiger partial charge < -0.3 is 14.3 Å². The van der Waals surface area contributed by atoms with E-state index >= 15 is 0 Å². The molecule has 27 heavy (non-hydrogen) atoms. The molecule has 1 N–H and O–H groups in total. The normalized spacial score (nSPS) is 12.4. The first-order valence-electron chi connectivity index (χ1n) is 10.1. The van der Waals surface area contributed by atoms with E-state index in [2.05, 4.69) is 75.5 Å². The molecule has 5 heteroatoms. The molecule has 1 aromatic carbocycles. The van der Waals surface area contributed by atoms with Crippen molar-refractivity contribution < 1.29 is 9.53 Å². The number of benzene rings is 1. The van der Waals surface area contributed by atoms with Crippen molar-refractivity contribution in [3.8, 4) is 5.75 Å². The Morgan fingerprint density at radius 2 is 1.70 bits per heavy atom. The Morgan fingerprint density at radius 3 is 2.19 bits per heavy atom. The summed E-state index contributed by atoms with van der Waals surface area (Å²) < 4.78 is 8.13. The Balaban J connectivity index is 2.70. The minimum atomic E-state index is -1.85. The highest BCUT2D eigenvalue weighted by Crippen LogP contribution is 2.45. The van der Waals surface area contributed by atoms with E-state index in [1.807, 2.05) is 0 Å². The van der Waals surface area contributed by atoms with Gasteiger partial charge in [0, 0.05) is 24.4 Å². The number of rotatable bonds is 8. The van der Waals surface area contributed by atoms with E-state index in [0.29, 0.717) is 23.2 Å². The molecule has 2 aromatic rings. The van der Waals surface area contributed by atoms with Gasteiger partial charge in [0.25, 0.3) is 0 Å². The summed E-state index contributed by atoms with van der Waals surface area (Å²) in [6.45, 7) is 16.6. The Morgan fingerprint density at radius 1 is 1.11 bits per heavy atom. The topological polar surface area (TPSA) is 43.3 Å². The van der Waals surface area contributed by atoms with Crippen LogP contribution in [0.5, 0.6) is 5.75 Å². The number of fused-ring (bicyclic) bond motifs is 1. The Kier molecular flexibility index (Phi) is 6.79. The maximum Gasteiger partial charge on any atom is 0.216 e. The summed E-state index contributed by atoms with van der Waals surface area (Å²) in [7, 11) is -0.135. The molecule has 2 rings (SSSR count). The van der Waals surface area contributed by atoms with E-state index in [-0.39, 0.29) is 5.91 Å². The monoisotopic (exact) mass is 388 g/mol. The van der Waals surface area contributed by atoms with E-state index in [4.69, 9.17) is 4.74 Å². The van der Waals surface area contributed by atoms with Gasteiger partial charge in [-0.25, -0.2) is 0 Å². The molecule has 4 nitrogen and oxygen atoms in total. The van der Waals surface area contributed by atoms with Gasteiger partial charge >= 0.3 is 0 Å². The van der Waals surface area contributed by atoms with Crippen molar-refractivity contribution in [3.63, 3.8) is 0 Å². The first-order valence-corrected chi connectivity index (χ1v) is 12.3. The number of carbonyl (C=O) groups excluding carboxylic acids is 1. The smallest absolute Gasteiger partial charge is 0.216 e. The quantitative estimate of drug-likeness (QED) is 0.619. The SMILES string of the molecule is COc1ccc2c(c1)c(CCNC(C)=O)cn2[Si](C(C)C)(C(C)C)C(C)C. The third kappa shape index (κ3) is 3.93. The number of aromatic nitrogens is 1. The lowest BCUT2D eigenvalue weighted by Gasteiger charge is -2.44. The van der Waals surface area contributed by atoms with Gasteiger partial charge in [-0.3, -0.25) is 4.79 Å². The van der Waals surface area contributed by atoms with E-state index < -0.39 is 8.24 Å². The van der Waals surface area contributed by atoms with Crippen LogP contribution < -0.4 is 10.1 Å². The molecule has 1 heterocycles. The van der Waals surface area contributed by atoms with Crippen molar-refractivity contribution in [2.45, 2.75) is 71.5 Å². The highest BCUT2D eigenvalue weighted by Gasteiger charge is 2.46. The van der Waals surface area contributed by atoms with Crippen LogP contribution >= 0.6 is 0 Å². The van der Waals surface area contributed by atoms with Gasteiger partial charge in [0.15, 0.2) is 8.24 Å². The maximum absolute atomic E-state index is 11.3. The van der Waals surface area contributed by atoms with Crippen molar-refractivity contribution in [1.82, 2.24) is 9.55 Å². The van der Waals surface area contributed by atoms with E-state index in [0.717, 1.165) is 12.2 Å². The van der Waals surface area contributed by atoms with Crippen LogP contribution in [0.15, 0.2) is 24.4 Å². The second kappa shape index (κ2) is 8.51. The van der Waals surface area contributed by atoms with Crippen LogP contribution in [-0.4, -0.2) is 32.0 Å². The Bertz CT molecular complexity index is 771. The van der Waals surface area contributed by atoms with Gasteiger partial charge in [0.05, 0.1) is 7.11 Å². The maximum atomic E-state index is 11.3. The van der Waals surface area contributed by atoms with Crippen LogP contribution in [0.2, 0.25) is 16.6 Å². The number of hydrogen-bond acceptors (Lipinski definition) is 2. The van der Waals surface area contributed by atoms with Gasteiger partial charge in [-0.15, -0.1) is 0 Å². The second-order valence-corrected chi connectivity index (χ2v) is 14.2. The highest BCUT2D eigenvalue weighted by molar-refractivity contribution is 6.82. The first kappa shape index (κ1) is 21.5. The van der Waals surface area contributed by atoms with Crippen LogP contribution in [0.3, 0.4) is 0 Å². The number of methoxy groups -OCH3 is 1. The highest BCUT2D eigenvalue weighted by atomic mass is 28.3. The number of hydrogen-bond donors (Lipinski definition) is 1. The molecule has 0 spiro atoms. The molecule has 0 bridgehead atoms. The van der Waals surface area contributed by atoms with Crippen LogP contribution in [0.1, 0.15) is 54.0 Å². The molecule has 150 valence electrons. The van der Waals surface area contributed by atoms with E-state index in [1.54, 1.807) is 14.0 Å². The molecule has 1 amide bonds. The fourth-order valence-electron chi connectivity index (χ4n) is 5.13. The molecule has 0 aliphatic heterocycles. The third-order valence-electron chi connectivity index (χ3n) is 6.05. The van der Waals surface area contributed by atoms with Gasteiger partial charge in [0.1, 0.15) is 5.75 Å². The molecule has 0 aliphatic carbocycles. The van der Waals surface area contributed by atoms with Gasteiger partial charge in [-0.05, 0) is 53.0 Å². The van der Waals surface area contributed by atoms with Crippen LogP contribution in [0.4, 0.5) is 0 Å². The molecule has 0 radical (unpaired) electrons. The van der Waals surface area contributed by atoms with Crippen molar-refractivity contribution in [1.29, 1.82) is 0 Å². The molecule has 0 unspecified atom stereocenters. The molecule has 0 saturated heterocycles. The zero-order valence-corrected chi connectivity index (χ0v) is 19.2. The van der Waals surface area contributed by atoms with Gasteiger partial charge in [0.2, 0.25) is 5.91 Å². The number of carbonyl (C=O) groups is 1. The van der Waals surface area contributed by atoms with Crippen molar-refractivity contribution >= 4 is 25.0 Å². The largest absolute Gasteiger partial charge is 0.497 e. The Hall–Kier alpha value is -1.75. The summed E-state index contributed by atoms with van der Waals surface area (Å²) >= 11 is 0. The molecular formula is C22H36N2O2Si. The third-order valence-corrected chi connectivity index (χ3v) is 12.8. The standard InChI is InChI=1S/C22H36N2O2Si/c1-15(2)27(16(3)4,17(5)6)24-14-19(11-12-23-18(7)25)21-13-20(26-8)9-10-22(21)24/h9-10,13-17H,11-12H2,1-8H3,(H,23,25). The van der Waals surface area contributed by atoms with E-state index in [1.165, 1.54) is 16.5 Å². The van der Waals surface area contributed by atoms with Gasteiger partial charge in [-0.2, -0.15) is 0 Å². The predicted octanol–water partition coefficient (Wildman–Crippen LogP) is 5.35. The molecule has 1 aromatic heterocycles. The minimum absolute atomic E-state index is 0.0200. The Labute approximate surface area is 165 Å². The lowest BCUT2D eigenvalue weighted by molar-refractivity contribution is -0.118. The average Bonchev–Trinajstić information content (AvgIpc) is 2.92. The van der Waals surface area contributed by atoms with Crippen molar-refractivity contribution in [2.75, 3.05) is 13.7 Å². The molecule has 0 aliphatic rings. The predicted molar refractivity (Wildman–Crippen MR) is 117 cm³/mol. The van der Waals surface area contributed by atoms with Crippen molar-refractivity contribution in [3.05, 3.63) is 30.0 Å². The fourth-order valence-corrected chi connectivity index (χ4v) is 11.8. The number of nitrogens with zero attached hydrogens (tertiary/aromatic N) is 1. The zero-order chi connectivity index (χ0) is 20.4. The van der Waals surface area contributed by atoms with Crippen LogP contribution in [-0.2, 0) is 11.2 Å². The summed E-state index contributed by atoms with van der Waals surface area (Å²) in [4.78, 5) is 11.3. The van der Waals surface area contributed by atoms with Crippen LogP contribution in [0.25, 0.3) is 10.9 Å². The summed E-state index contributed by atoms with van der Waals surface area (Å²) in [6.07, 6.45) is 3.20. The van der Waals surface area contributed by atoms with Gasteiger partial charge in [-0.1, -0.05) is 41.5 Å². The molecule has 0 saturated carbocycles. The molecular weight excluding hydrogens is 352 g/mol. The minimum Gasteiger partial charge on any atom is -0.497 e. The molecule has 0 fully saturated rings. The number of ether oxygens (including phenoxy) is 1. The zero-order valence-electron chi connectivity index (χ0n) is 18.2. The molecule has 0 atom stereocenters. The van der Waals surface area contributed by atoms with E-state index in [9.17, 15) is 4.79 Å². The van der Waals surface area contributed by atoms with Crippen molar-refractivity contribution in [2.24, 2.45) is 0 Å². The first-order chi connectivity index (χ1) is 12.7. The summed E-state index contributed by atoms with van der Waals surface area (Å²) in [6, 6.07) is 6.43. The second-order valence-electron chi connectivity index (χ2n) is 8.49. The lowest BCUT2D eigenvalue weighted by Crippen LogP contribution is -2.51. The number of nitrogens with one attached hydrogen (secondary N) is 1.